The number of hydrogen-bond acceptors (Lipinski definition) is 7. The second-order valence-electron chi connectivity index (χ2n) is 6.50. The number of halogens is 3. The largest absolute Gasteiger partial charge is 0.490 e. The van der Waals surface area contributed by atoms with E-state index >= 15 is 0 Å². The van der Waals surface area contributed by atoms with Gasteiger partial charge in [0.2, 0.25) is 5.88 Å². The number of ether oxygens (including phenoxy) is 1. The van der Waals surface area contributed by atoms with Gasteiger partial charge in [0, 0.05) is 0 Å². The molecule has 0 atom stereocenters. The predicted molar refractivity (Wildman–Crippen MR) is 101 cm³/mol. The van der Waals surface area contributed by atoms with Crippen molar-refractivity contribution in [2.45, 2.75) is 25.1 Å². The molecule has 31 heavy (non-hydrogen) atoms. The summed E-state index contributed by atoms with van der Waals surface area (Å²) in [6.07, 6.45) is 0.177. The number of carboxylic acids is 1. The Balaban J connectivity index is 0.000000339. The van der Waals surface area contributed by atoms with Crippen LogP contribution in [0.4, 0.5) is 13.2 Å². The quantitative estimate of drug-likeness (QED) is 0.644. The van der Waals surface area contributed by atoms with Gasteiger partial charge in [0.15, 0.2) is 5.65 Å². The molecular formula is C19H17F3N6O3. The maximum atomic E-state index is 10.6. The second kappa shape index (κ2) is 9.40. The lowest BCUT2D eigenvalue weighted by atomic mass is 10.1. The third-order valence-electron chi connectivity index (χ3n) is 4.47. The first kappa shape index (κ1) is 22.0. The molecule has 1 saturated heterocycles. The Bertz CT molecular complexity index is 1100. The molecule has 1 aliphatic rings. The molecule has 0 bridgehead atoms. The first-order valence-electron chi connectivity index (χ1n) is 9.17. The van der Waals surface area contributed by atoms with E-state index in [0.717, 1.165) is 37.0 Å². The molecule has 1 aromatic carbocycles. The van der Waals surface area contributed by atoms with Crippen LogP contribution >= 0.6 is 0 Å². The molecule has 0 radical (unpaired) electrons. The van der Waals surface area contributed by atoms with Gasteiger partial charge in [0.1, 0.15) is 23.5 Å². The summed E-state index contributed by atoms with van der Waals surface area (Å²) in [5, 5.41) is 24.9. The molecule has 1 aliphatic heterocycles. The lowest BCUT2D eigenvalue weighted by Gasteiger charge is -2.23. The van der Waals surface area contributed by atoms with Gasteiger partial charge in [-0.25, -0.2) is 19.4 Å². The predicted octanol–water partition coefficient (Wildman–Crippen LogP) is 3.05. The van der Waals surface area contributed by atoms with Crippen molar-refractivity contribution in [2.75, 3.05) is 13.1 Å². The number of nitrogens with zero attached hydrogens (tertiary/aromatic N) is 5. The van der Waals surface area contributed by atoms with E-state index in [2.05, 4.69) is 26.5 Å². The fourth-order valence-corrected chi connectivity index (χ4v) is 2.99. The normalized spacial score (nSPS) is 14.4. The molecule has 4 rings (SSSR count). The van der Waals surface area contributed by atoms with E-state index in [-0.39, 0.29) is 0 Å². The third-order valence-corrected chi connectivity index (χ3v) is 4.47. The summed E-state index contributed by atoms with van der Waals surface area (Å²) in [6.45, 7) is 1.96. The van der Waals surface area contributed by atoms with E-state index in [1.165, 1.54) is 6.33 Å². The van der Waals surface area contributed by atoms with E-state index in [1.807, 2.05) is 10.7 Å². The number of aliphatic carboxylic acids is 1. The van der Waals surface area contributed by atoms with Gasteiger partial charge in [-0.15, -0.1) is 0 Å². The number of nitriles is 1. The first-order chi connectivity index (χ1) is 14.8. The fraction of sp³-hybridized carbons (Fsp3) is 0.316. The number of rotatable bonds is 3. The summed E-state index contributed by atoms with van der Waals surface area (Å²) >= 11 is 0. The van der Waals surface area contributed by atoms with E-state index < -0.39 is 12.1 Å². The molecule has 3 aromatic rings. The van der Waals surface area contributed by atoms with Crippen LogP contribution in [0.25, 0.3) is 11.0 Å². The minimum Gasteiger partial charge on any atom is -0.475 e. The lowest BCUT2D eigenvalue weighted by Crippen LogP contribution is -2.29. The van der Waals surface area contributed by atoms with Crippen LogP contribution in [0.1, 0.15) is 24.4 Å². The van der Waals surface area contributed by atoms with E-state index in [4.69, 9.17) is 14.6 Å². The maximum Gasteiger partial charge on any atom is 0.490 e. The van der Waals surface area contributed by atoms with Gasteiger partial charge < -0.3 is 15.2 Å². The fourth-order valence-electron chi connectivity index (χ4n) is 2.99. The van der Waals surface area contributed by atoms with Gasteiger partial charge >= 0.3 is 12.1 Å². The van der Waals surface area contributed by atoms with Crippen LogP contribution in [0.2, 0.25) is 0 Å². The number of nitrogens with one attached hydrogen (secondary N) is 1. The molecule has 0 aliphatic carbocycles. The van der Waals surface area contributed by atoms with Crippen LogP contribution in [-0.4, -0.2) is 50.1 Å². The molecule has 2 N–H and O–H groups in total. The molecular weight excluding hydrogens is 417 g/mol. The highest BCUT2D eigenvalue weighted by Gasteiger charge is 2.38. The van der Waals surface area contributed by atoms with Crippen molar-refractivity contribution >= 4 is 17.0 Å². The Morgan fingerprint density at radius 1 is 1.26 bits per heavy atom. The minimum atomic E-state index is -5.08. The van der Waals surface area contributed by atoms with Crippen LogP contribution in [-0.2, 0) is 4.79 Å². The minimum absolute atomic E-state index is 0.331. The summed E-state index contributed by atoms with van der Waals surface area (Å²) < 4.78 is 39.6. The third kappa shape index (κ3) is 5.26. The first-order valence-corrected chi connectivity index (χ1v) is 9.17. The van der Waals surface area contributed by atoms with Crippen LogP contribution < -0.4 is 10.1 Å². The van der Waals surface area contributed by atoms with Crippen LogP contribution in [0, 0.1) is 11.3 Å². The highest BCUT2D eigenvalue weighted by Crippen LogP contribution is 2.30. The average Bonchev–Trinajstić information content (AvgIpc) is 3.20. The Labute approximate surface area is 174 Å². The Morgan fingerprint density at radius 2 is 1.94 bits per heavy atom. The maximum absolute atomic E-state index is 10.6. The zero-order valence-corrected chi connectivity index (χ0v) is 16.0. The molecule has 3 heterocycles. The summed E-state index contributed by atoms with van der Waals surface area (Å²) in [5.74, 6) is -1.86. The molecule has 9 nitrogen and oxygen atoms in total. The van der Waals surface area contributed by atoms with Crippen molar-refractivity contribution in [1.29, 1.82) is 5.26 Å². The second-order valence-corrected chi connectivity index (χ2v) is 6.50. The highest BCUT2D eigenvalue weighted by atomic mass is 19.4. The number of para-hydroxylation sites is 1. The monoisotopic (exact) mass is 434 g/mol. The molecule has 2 aromatic heterocycles. The molecule has 0 saturated carbocycles. The summed E-state index contributed by atoms with van der Waals surface area (Å²) in [6, 6.07) is 9.55. The Morgan fingerprint density at radius 3 is 2.58 bits per heavy atom. The zero-order chi connectivity index (χ0) is 22.4. The molecule has 0 spiro atoms. The Kier molecular flexibility index (Phi) is 6.66. The van der Waals surface area contributed by atoms with Crippen LogP contribution in [0.15, 0.2) is 36.8 Å². The van der Waals surface area contributed by atoms with Gasteiger partial charge in [0.25, 0.3) is 0 Å². The molecule has 0 amide bonds. The molecule has 0 unspecified atom stereocenters. The smallest absolute Gasteiger partial charge is 0.475 e. The number of benzene rings is 1. The van der Waals surface area contributed by atoms with Crippen molar-refractivity contribution in [3.05, 3.63) is 42.4 Å². The van der Waals surface area contributed by atoms with Gasteiger partial charge in [-0.3, -0.25) is 0 Å². The van der Waals surface area contributed by atoms with E-state index in [1.54, 1.807) is 24.4 Å². The molecule has 162 valence electrons. The summed E-state index contributed by atoms with van der Waals surface area (Å²) in [7, 11) is 0. The number of aromatic nitrogens is 4. The summed E-state index contributed by atoms with van der Waals surface area (Å²) in [5.41, 5.74) is 1.23. The summed E-state index contributed by atoms with van der Waals surface area (Å²) in [4.78, 5) is 17.5. The zero-order valence-electron chi connectivity index (χ0n) is 16.0. The van der Waals surface area contributed by atoms with Crippen molar-refractivity contribution in [1.82, 2.24) is 25.1 Å². The van der Waals surface area contributed by atoms with Gasteiger partial charge in [-0.1, -0.05) is 12.1 Å². The Hall–Kier alpha value is -3.72. The van der Waals surface area contributed by atoms with E-state index in [9.17, 15) is 18.4 Å². The number of carboxylic acid groups (broad SMARTS) is 1. The van der Waals surface area contributed by atoms with Crippen molar-refractivity contribution in [3.8, 4) is 17.7 Å². The number of alkyl halides is 3. The topological polar surface area (TPSA) is 126 Å². The van der Waals surface area contributed by atoms with Gasteiger partial charge in [0.05, 0.1) is 17.8 Å². The van der Waals surface area contributed by atoms with Crippen molar-refractivity contribution < 1.29 is 27.8 Å². The average molecular weight is 434 g/mol. The van der Waals surface area contributed by atoms with Crippen LogP contribution in [0.3, 0.4) is 0 Å². The van der Waals surface area contributed by atoms with Crippen molar-refractivity contribution in [2.24, 2.45) is 0 Å². The SMILES string of the molecule is N#Cc1ccccc1Oc1ncnc2c1cnn2C1CCNCC1.O=C(O)C(F)(F)F. The van der Waals surface area contributed by atoms with Crippen molar-refractivity contribution in [3.63, 3.8) is 0 Å². The van der Waals surface area contributed by atoms with E-state index in [0.29, 0.717) is 23.2 Å². The lowest BCUT2D eigenvalue weighted by molar-refractivity contribution is -0.192. The number of fused-ring (bicyclic) bond motifs is 1. The van der Waals surface area contributed by atoms with Gasteiger partial charge in [-0.05, 0) is 38.1 Å². The van der Waals surface area contributed by atoms with Gasteiger partial charge in [-0.2, -0.15) is 23.5 Å². The molecule has 12 heteroatoms. The highest BCUT2D eigenvalue weighted by molar-refractivity contribution is 5.80. The number of hydrogen-bond donors (Lipinski definition) is 2. The molecule has 1 fully saturated rings. The number of carbonyl (C=O) groups is 1. The van der Waals surface area contributed by atoms with Crippen LogP contribution in [0.5, 0.6) is 11.6 Å². The number of piperidine rings is 1. The standard InChI is InChI=1S/C17H16N6O.C2HF3O2/c18-9-12-3-1-2-4-15(12)24-17-14-10-22-23(16(14)20-11-21-17)13-5-7-19-8-6-13;3-2(4,5)1(6)7/h1-4,10-11,13,19H,5-8H2;(H,6,7).